The zero-order chi connectivity index (χ0) is 23.9. The molecule has 0 saturated carbocycles. The van der Waals surface area contributed by atoms with E-state index in [0.717, 1.165) is 32.1 Å². The van der Waals surface area contributed by atoms with Gasteiger partial charge in [0.25, 0.3) is 5.75 Å². The van der Waals surface area contributed by atoms with E-state index in [1.165, 1.54) is 39.0 Å². The molecule has 2 rings (SSSR count). The first-order chi connectivity index (χ1) is 16.1. The lowest BCUT2D eigenvalue weighted by Crippen LogP contribution is -2.14. The molecule has 1 aromatic heterocycles. The van der Waals surface area contributed by atoms with Gasteiger partial charge < -0.3 is 18.6 Å². The first kappa shape index (κ1) is 26.5. The summed E-state index contributed by atoms with van der Waals surface area (Å²) in [6, 6.07) is 5.24. The van der Waals surface area contributed by atoms with Crippen LogP contribution in [0.25, 0.3) is 11.0 Å². The van der Waals surface area contributed by atoms with Gasteiger partial charge in [-0.05, 0) is 31.4 Å². The van der Waals surface area contributed by atoms with Gasteiger partial charge in [-0.2, -0.15) is 0 Å². The van der Waals surface area contributed by atoms with Gasteiger partial charge in [-0.1, -0.05) is 77.0 Å². The number of carbonyl (C=O) groups is 1. The van der Waals surface area contributed by atoms with Gasteiger partial charge in [0.1, 0.15) is 16.7 Å². The van der Waals surface area contributed by atoms with Gasteiger partial charge in [0.15, 0.2) is 5.75 Å². The van der Waals surface area contributed by atoms with Crippen LogP contribution in [0.4, 0.5) is 0 Å². The predicted molar refractivity (Wildman–Crippen MR) is 131 cm³/mol. The Labute approximate surface area is 196 Å². The molecule has 0 unspecified atom stereocenters. The third-order valence-electron chi connectivity index (χ3n) is 5.24. The number of ether oxygens (including phenoxy) is 3. The number of unbranched alkanes of at least 4 members (excludes halogenated alkanes) is 7. The van der Waals surface area contributed by atoms with Gasteiger partial charge >= 0.3 is 11.6 Å². The molecule has 0 aliphatic heterocycles. The fourth-order valence-electron chi connectivity index (χ4n) is 3.59. The third kappa shape index (κ3) is 8.95. The Morgan fingerprint density at radius 1 is 0.909 bits per heavy atom. The van der Waals surface area contributed by atoms with E-state index in [2.05, 4.69) is 26.0 Å². The van der Waals surface area contributed by atoms with E-state index in [1.807, 2.05) is 0 Å². The van der Waals surface area contributed by atoms with Gasteiger partial charge in [-0.15, -0.1) is 0 Å². The van der Waals surface area contributed by atoms with E-state index in [-0.39, 0.29) is 11.5 Å². The summed E-state index contributed by atoms with van der Waals surface area (Å²) in [6.45, 7) is 6.42. The number of carbonyl (C=O) groups excluding carboxylic acids is 1. The van der Waals surface area contributed by atoms with Crippen molar-refractivity contribution in [1.82, 2.24) is 0 Å². The first-order valence-electron chi connectivity index (χ1n) is 12.3. The quantitative estimate of drug-likeness (QED) is 0.117. The predicted octanol–water partition coefficient (Wildman–Crippen LogP) is 6.97. The highest BCUT2D eigenvalue weighted by Gasteiger charge is 2.22. The van der Waals surface area contributed by atoms with Crippen LogP contribution in [-0.2, 0) is 4.79 Å². The van der Waals surface area contributed by atoms with Crippen molar-refractivity contribution >= 4 is 16.9 Å². The van der Waals surface area contributed by atoms with Crippen molar-refractivity contribution < 1.29 is 23.4 Å². The van der Waals surface area contributed by atoms with Crippen LogP contribution in [0.3, 0.4) is 0 Å². The number of allylic oxidation sites excluding steroid dienone is 1. The maximum atomic E-state index is 12.5. The van der Waals surface area contributed by atoms with Gasteiger partial charge in [0.05, 0.1) is 13.2 Å². The molecule has 1 aromatic carbocycles. The summed E-state index contributed by atoms with van der Waals surface area (Å²) in [4.78, 5) is 24.2. The van der Waals surface area contributed by atoms with Gasteiger partial charge in [0, 0.05) is 6.92 Å². The van der Waals surface area contributed by atoms with E-state index >= 15 is 0 Å². The second kappa shape index (κ2) is 15.1. The monoisotopic (exact) mass is 458 g/mol. The number of hydrogen-bond acceptors (Lipinski definition) is 6. The second-order valence-electron chi connectivity index (χ2n) is 8.11. The van der Waals surface area contributed by atoms with Crippen LogP contribution in [0.1, 0.15) is 85.0 Å². The molecular formula is C27H38O6. The molecule has 6 heteroatoms. The van der Waals surface area contributed by atoms with Crippen molar-refractivity contribution in [3.8, 4) is 17.2 Å². The topological polar surface area (TPSA) is 75.0 Å². The van der Waals surface area contributed by atoms with E-state index in [9.17, 15) is 9.59 Å². The normalized spacial score (nSPS) is 11.2. The van der Waals surface area contributed by atoms with Crippen molar-refractivity contribution in [2.75, 3.05) is 13.2 Å². The molecular weight excluding hydrogens is 420 g/mol. The Balaban J connectivity index is 2.16. The summed E-state index contributed by atoms with van der Waals surface area (Å²) in [7, 11) is 0. The maximum Gasteiger partial charge on any atom is 0.383 e. The number of benzene rings is 1. The van der Waals surface area contributed by atoms with Crippen molar-refractivity contribution in [2.24, 2.45) is 0 Å². The third-order valence-corrected chi connectivity index (χ3v) is 5.24. The Morgan fingerprint density at radius 3 is 2.33 bits per heavy atom. The Kier molecular flexibility index (Phi) is 12.2. The Bertz CT molecular complexity index is 944. The standard InChI is InChI=1S/C27H38O6/c1-4-6-8-10-11-12-13-15-20-31-25-24-22(30-19-14-9-7-5-2)17-16-18-23(24)33-27(29)26(25)32-21(3)28/h7,9,16-18H,4-6,8,10-15,19-20H2,1-3H3. The average Bonchev–Trinajstić information content (AvgIpc) is 2.79. The molecule has 0 radical (unpaired) electrons. The Morgan fingerprint density at radius 2 is 1.64 bits per heavy atom. The van der Waals surface area contributed by atoms with Gasteiger partial charge in [-0.25, -0.2) is 4.79 Å². The number of hydrogen-bond donors (Lipinski definition) is 0. The molecule has 0 amide bonds. The summed E-state index contributed by atoms with van der Waals surface area (Å²) < 4.78 is 22.6. The van der Waals surface area contributed by atoms with E-state index in [0.29, 0.717) is 29.9 Å². The largest absolute Gasteiger partial charge is 0.492 e. The van der Waals surface area contributed by atoms with Crippen LogP contribution >= 0.6 is 0 Å². The molecule has 0 bridgehead atoms. The van der Waals surface area contributed by atoms with Crippen molar-refractivity contribution in [1.29, 1.82) is 0 Å². The molecule has 0 aliphatic carbocycles. The van der Waals surface area contributed by atoms with Crippen molar-refractivity contribution in [2.45, 2.75) is 85.0 Å². The lowest BCUT2D eigenvalue weighted by Gasteiger charge is -2.15. The fraction of sp³-hybridized carbons (Fsp3) is 0.556. The molecule has 0 N–H and O–H groups in total. The molecule has 0 aliphatic rings. The van der Waals surface area contributed by atoms with E-state index in [1.54, 1.807) is 18.2 Å². The molecule has 0 saturated heterocycles. The van der Waals surface area contributed by atoms with Gasteiger partial charge in [0.2, 0.25) is 0 Å². The number of fused-ring (bicyclic) bond motifs is 1. The molecule has 1 heterocycles. The highest BCUT2D eigenvalue weighted by Crippen LogP contribution is 2.39. The summed E-state index contributed by atoms with van der Waals surface area (Å²) in [5.41, 5.74) is -0.407. The molecule has 0 fully saturated rings. The minimum absolute atomic E-state index is 0.207. The molecule has 182 valence electrons. The Hall–Kier alpha value is -2.76. The molecule has 33 heavy (non-hydrogen) atoms. The van der Waals surface area contributed by atoms with Crippen LogP contribution < -0.4 is 19.8 Å². The van der Waals surface area contributed by atoms with E-state index in [4.69, 9.17) is 18.6 Å². The highest BCUT2D eigenvalue weighted by atomic mass is 16.6. The van der Waals surface area contributed by atoms with Crippen molar-refractivity contribution in [3.05, 3.63) is 40.8 Å². The lowest BCUT2D eigenvalue weighted by molar-refractivity contribution is -0.132. The van der Waals surface area contributed by atoms with Crippen LogP contribution in [0.15, 0.2) is 39.6 Å². The summed E-state index contributed by atoms with van der Waals surface area (Å²) in [5, 5.41) is 0.507. The second-order valence-corrected chi connectivity index (χ2v) is 8.11. The zero-order valence-electron chi connectivity index (χ0n) is 20.3. The summed E-state index contributed by atoms with van der Waals surface area (Å²) in [5.74, 6) is -0.0993. The summed E-state index contributed by atoms with van der Waals surface area (Å²) in [6.07, 6.45) is 15.3. The fourth-order valence-corrected chi connectivity index (χ4v) is 3.59. The van der Waals surface area contributed by atoms with Crippen LogP contribution in [0.2, 0.25) is 0 Å². The number of esters is 1. The lowest BCUT2D eigenvalue weighted by atomic mass is 10.1. The molecule has 6 nitrogen and oxygen atoms in total. The minimum atomic E-state index is -0.744. The zero-order valence-corrected chi connectivity index (χ0v) is 20.3. The van der Waals surface area contributed by atoms with Crippen LogP contribution in [-0.4, -0.2) is 19.2 Å². The smallest absolute Gasteiger partial charge is 0.383 e. The molecule has 2 aromatic rings. The number of rotatable bonds is 16. The summed E-state index contributed by atoms with van der Waals surface area (Å²) >= 11 is 0. The van der Waals surface area contributed by atoms with Crippen molar-refractivity contribution in [3.63, 3.8) is 0 Å². The van der Waals surface area contributed by atoms with E-state index < -0.39 is 11.6 Å². The average molecular weight is 459 g/mol. The minimum Gasteiger partial charge on any atom is -0.492 e. The first-order valence-corrected chi connectivity index (χ1v) is 12.3. The SMILES string of the molecule is CCC=CCCOc1cccc2oc(=O)c(OC(C)=O)c(OCCCCCCCCCC)c12. The molecule has 0 spiro atoms. The molecule has 0 atom stereocenters. The van der Waals surface area contributed by atoms with Crippen LogP contribution in [0, 0.1) is 0 Å². The maximum absolute atomic E-state index is 12.5. The van der Waals surface area contributed by atoms with Crippen LogP contribution in [0.5, 0.6) is 17.2 Å². The van der Waals surface area contributed by atoms with Gasteiger partial charge in [-0.3, -0.25) is 4.79 Å². The highest BCUT2D eigenvalue weighted by molar-refractivity contribution is 5.92.